The van der Waals surface area contributed by atoms with Crippen LogP contribution < -0.4 is 0 Å². The average molecular weight is 231 g/mol. The van der Waals surface area contributed by atoms with Gasteiger partial charge in [-0.05, 0) is 24.6 Å². The third kappa shape index (κ3) is 3.57. The molecule has 0 aliphatic heterocycles. The van der Waals surface area contributed by atoms with Gasteiger partial charge in [0.1, 0.15) is 5.82 Å². The fourth-order valence-electron chi connectivity index (χ4n) is 0.894. The first-order valence-electron chi connectivity index (χ1n) is 4.24. The highest BCUT2D eigenvalue weighted by atomic mass is 35.5. The topological polar surface area (TPSA) is 0 Å². The highest BCUT2D eigenvalue weighted by Crippen LogP contribution is 2.14. The van der Waals surface area contributed by atoms with Crippen LogP contribution in [0.1, 0.15) is 18.4 Å². The van der Waals surface area contributed by atoms with Crippen molar-refractivity contribution in [2.45, 2.75) is 12.8 Å². The van der Waals surface area contributed by atoms with Crippen LogP contribution >= 0.6 is 23.2 Å². The molecular formula is C11H9Cl2F. The molecule has 0 amide bonds. The zero-order valence-electron chi connectivity index (χ0n) is 7.49. The van der Waals surface area contributed by atoms with Crippen LogP contribution in [0.15, 0.2) is 18.2 Å². The summed E-state index contributed by atoms with van der Waals surface area (Å²) in [5, 5.41) is 0.122. The third-order valence-corrected chi connectivity index (χ3v) is 2.16. The summed E-state index contributed by atoms with van der Waals surface area (Å²) in [5.41, 5.74) is 0.640. The number of halogens is 3. The maximum atomic E-state index is 12.9. The lowest BCUT2D eigenvalue weighted by atomic mass is 10.2. The van der Waals surface area contributed by atoms with E-state index in [0.29, 0.717) is 11.4 Å². The molecule has 0 bridgehead atoms. The lowest BCUT2D eigenvalue weighted by molar-refractivity contribution is 0.628. The highest BCUT2D eigenvalue weighted by molar-refractivity contribution is 6.30. The molecule has 0 spiro atoms. The van der Waals surface area contributed by atoms with Crippen LogP contribution in [0.2, 0.25) is 5.02 Å². The van der Waals surface area contributed by atoms with Gasteiger partial charge in [0.25, 0.3) is 0 Å². The summed E-state index contributed by atoms with van der Waals surface area (Å²) < 4.78 is 12.9. The van der Waals surface area contributed by atoms with E-state index in [9.17, 15) is 4.39 Å². The van der Waals surface area contributed by atoms with Gasteiger partial charge < -0.3 is 0 Å². The monoisotopic (exact) mass is 230 g/mol. The SMILES string of the molecule is Fc1cc(C#CCCCCl)ccc1Cl. The van der Waals surface area contributed by atoms with Gasteiger partial charge in [-0.2, -0.15) is 0 Å². The Morgan fingerprint density at radius 3 is 2.79 bits per heavy atom. The Morgan fingerprint density at radius 2 is 2.14 bits per heavy atom. The van der Waals surface area contributed by atoms with Gasteiger partial charge in [-0.25, -0.2) is 4.39 Å². The van der Waals surface area contributed by atoms with Crippen molar-refractivity contribution < 1.29 is 4.39 Å². The van der Waals surface area contributed by atoms with Gasteiger partial charge in [-0.3, -0.25) is 0 Å². The van der Waals surface area contributed by atoms with Crippen molar-refractivity contribution in [3.05, 3.63) is 34.6 Å². The highest BCUT2D eigenvalue weighted by Gasteiger charge is 1.97. The molecule has 0 saturated carbocycles. The molecule has 0 fully saturated rings. The van der Waals surface area contributed by atoms with Crippen molar-refractivity contribution in [2.24, 2.45) is 0 Å². The van der Waals surface area contributed by atoms with Crippen LogP contribution in [0.3, 0.4) is 0 Å². The molecule has 3 heteroatoms. The molecule has 14 heavy (non-hydrogen) atoms. The van der Waals surface area contributed by atoms with Gasteiger partial charge in [-0.1, -0.05) is 23.4 Å². The van der Waals surface area contributed by atoms with E-state index in [1.165, 1.54) is 12.1 Å². The van der Waals surface area contributed by atoms with Crippen molar-refractivity contribution in [1.29, 1.82) is 0 Å². The Balaban J connectivity index is 2.66. The minimum Gasteiger partial charge on any atom is -0.205 e. The number of hydrogen-bond acceptors (Lipinski definition) is 0. The van der Waals surface area contributed by atoms with Crippen LogP contribution in [-0.4, -0.2) is 5.88 Å². The van der Waals surface area contributed by atoms with Crippen molar-refractivity contribution in [3.8, 4) is 11.8 Å². The number of alkyl halides is 1. The van der Waals surface area contributed by atoms with Gasteiger partial charge in [0.2, 0.25) is 0 Å². The molecule has 0 saturated heterocycles. The molecule has 1 aromatic rings. The van der Waals surface area contributed by atoms with E-state index >= 15 is 0 Å². The summed E-state index contributed by atoms with van der Waals surface area (Å²) in [6, 6.07) is 4.53. The quantitative estimate of drug-likeness (QED) is 0.412. The number of hydrogen-bond donors (Lipinski definition) is 0. The minimum absolute atomic E-state index is 0.122. The molecule has 1 rings (SSSR count). The van der Waals surface area contributed by atoms with Gasteiger partial charge in [0.15, 0.2) is 0 Å². The second-order valence-corrected chi connectivity index (χ2v) is 3.51. The first-order valence-corrected chi connectivity index (χ1v) is 5.15. The summed E-state index contributed by atoms with van der Waals surface area (Å²) >= 11 is 11.0. The number of unbranched alkanes of at least 4 members (excludes halogenated alkanes) is 1. The predicted molar refractivity (Wildman–Crippen MR) is 58.2 cm³/mol. The molecule has 1 aromatic carbocycles. The van der Waals surface area contributed by atoms with Crippen molar-refractivity contribution in [3.63, 3.8) is 0 Å². The van der Waals surface area contributed by atoms with Gasteiger partial charge in [0.05, 0.1) is 5.02 Å². The zero-order valence-corrected chi connectivity index (χ0v) is 9.00. The molecular weight excluding hydrogens is 222 g/mol. The molecule has 0 aromatic heterocycles. The fraction of sp³-hybridized carbons (Fsp3) is 0.273. The van der Waals surface area contributed by atoms with Gasteiger partial charge in [0, 0.05) is 17.9 Å². The van der Waals surface area contributed by atoms with Crippen LogP contribution in [0, 0.1) is 17.7 Å². The summed E-state index contributed by atoms with van der Waals surface area (Å²) in [6.45, 7) is 0. The summed E-state index contributed by atoms with van der Waals surface area (Å²) in [4.78, 5) is 0. The third-order valence-electron chi connectivity index (χ3n) is 1.59. The normalized spacial score (nSPS) is 9.36. The smallest absolute Gasteiger partial charge is 0.143 e. The van der Waals surface area contributed by atoms with E-state index in [1.54, 1.807) is 6.07 Å². The Kier molecular flexibility index (Phi) is 4.79. The first kappa shape index (κ1) is 11.4. The largest absolute Gasteiger partial charge is 0.205 e. The second-order valence-electron chi connectivity index (χ2n) is 2.72. The standard InChI is InChI=1S/C11H9Cl2F/c12-7-3-1-2-4-9-5-6-10(13)11(14)8-9/h5-6,8H,1,3,7H2. The van der Waals surface area contributed by atoms with E-state index in [2.05, 4.69) is 11.8 Å². The maximum absolute atomic E-state index is 12.9. The van der Waals surface area contributed by atoms with Crippen LogP contribution in [0.25, 0.3) is 0 Å². The van der Waals surface area contributed by atoms with Crippen molar-refractivity contribution in [1.82, 2.24) is 0 Å². The lowest BCUT2D eigenvalue weighted by Crippen LogP contribution is -1.80. The van der Waals surface area contributed by atoms with Crippen LogP contribution in [0.4, 0.5) is 4.39 Å². The number of benzene rings is 1. The molecule has 0 nitrogen and oxygen atoms in total. The molecule has 0 aliphatic rings. The maximum Gasteiger partial charge on any atom is 0.143 e. The Labute approximate surface area is 93.0 Å². The van der Waals surface area contributed by atoms with E-state index < -0.39 is 5.82 Å². The second kappa shape index (κ2) is 5.90. The summed E-state index contributed by atoms with van der Waals surface area (Å²) in [5.74, 6) is 5.91. The molecule has 0 radical (unpaired) electrons. The molecule has 0 heterocycles. The van der Waals surface area contributed by atoms with Gasteiger partial charge >= 0.3 is 0 Å². The fourth-order valence-corrected chi connectivity index (χ4v) is 1.14. The van der Waals surface area contributed by atoms with Crippen molar-refractivity contribution >= 4 is 23.2 Å². The summed E-state index contributed by atoms with van der Waals surface area (Å²) in [6.07, 6.45) is 1.58. The van der Waals surface area contributed by atoms with E-state index in [4.69, 9.17) is 23.2 Å². The first-order chi connectivity index (χ1) is 6.74. The van der Waals surface area contributed by atoms with E-state index in [-0.39, 0.29) is 5.02 Å². The van der Waals surface area contributed by atoms with Crippen molar-refractivity contribution in [2.75, 3.05) is 5.88 Å². The molecule has 74 valence electrons. The van der Waals surface area contributed by atoms with E-state index in [0.717, 1.165) is 12.8 Å². The van der Waals surface area contributed by atoms with Gasteiger partial charge in [-0.15, -0.1) is 11.6 Å². The van der Waals surface area contributed by atoms with Crippen LogP contribution in [-0.2, 0) is 0 Å². The minimum atomic E-state index is -0.434. The molecule has 0 N–H and O–H groups in total. The predicted octanol–water partition coefficient (Wildman–Crippen LogP) is 3.85. The number of rotatable bonds is 2. The Morgan fingerprint density at radius 1 is 1.36 bits per heavy atom. The molecule has 0 aliphatic carbocycles. The lowest BCUT2D eigenvalue weighted by Gasteiger charge is -1.93. The molecule has 0 unspecified atom stereocenters. The average Bonchev–Trinajstić information content (AvgIpc) is 2.18. The Hall–Kier alpha value is -0.710. The summed E-state index contributed by atoms with van der Waals surface area (Å²) in [7, 11) is 0. The van der Waals surface area contributed by atoms with Crippen LogP contribution in [0.5, 0.6) is 0 Å². The Bertz CT molecular complexity index is 363. The zero-order chi connectivity index (χ0) is 10.4. The molecule has 0 atom stereocenters. The van der Waals surface area contributed by atoms with E-state index in [1.807, 2.05) is 0 Å².